The van der Waals surface area contributed by atoms with Crippen LogP contribution in [0.2, 0.25) is 0 Å². The highest BCUT2D eigenvalue weighted by molar-refractivity contribution is 8.18. The summed E-state index contributed by atoms with van der Waals surface area (Å²) in [4.78, 5) is 48.9. The van der Waals surface area contributed by atoms with Crippen LogP contribution in [0.3, 0.4) is 0 Å². The van der Waals surface area contributed by atoms with E-state index in [0.717, 1.165) is 33.1 Å². The summed E-state index contributed by atoms with van der Waals surface area (Å²) in [6, 6.07) is 12.9. The quantitative estimate of drug-likeness (QED) is 0.232. The third-order valence-electron chi connectivity index (χ3n) is 5.33. The number of imide groups is 1. The number of thioether (sulfide) groups is 1. The summed E-state index contributed by atoms with van der Waals surface area (Å²) >= 11 is 0.766. The van der Waals surface area contributed by atoms with Gasteiger partial charge in [-0.2, -0.15) is 0 Å². The van der Waals surface area contributed by atoms with E-state index in [9.17, 15) is 24.5 Å². The molecule has 10 heteroatoms. The van der Waals surface area contributed by atoms with Crippen molar-refractivity contribution in [1.29, 1.82) is 0 Å². The third-order valence-corrected chi connectivity index (χ3v) is 6.22. The Morgan fingerprint density at radius 2 is 1.97 bits per heavy atom. The van der Waals surface area contributed by atoms with Crippen LogP contribution in [0.25, 0.3) is 17.0 Å². The second-order valence-electron chi connectivity index (χ2n) is 7.41. The smallest absolute Gasteiger partial charge is 0.328 e. The Morgan fingerprint density at radius 1 is 1.21 bits per heavy atom. The minimum absolute atomic E-state index is 0.0117. The zero-order chi connectivity index (χ0) is 23.7. The number of rotatable bonds is 6. The molecule has 0 saturated carbocycles. The zero-order valence-electron chi connectivity index (χ0n) is 17.8. The molecule has 4 rings (SSSR count). The summed E-state index contributed by atoms with van der Waals surface area (Å²) in [5.74, 6) is -1.23. The van der Waals surface area contributed by atoms with Crippen molar-refractivity contribution >= 4 is 51.5 Å². The SMILES string of the molecule is COC(=O)[C@@H](C)N1C(=O)S/C(=C/c2cn(Cc3cccc([N+](=O)[O-])c3)c3ccccc23)C1=O. The molecule has 1 aliphatic heterocycles. The van der Waals surface area contributed by atoms with E-state index < -0.39 is 28.1 Å². The molecule has 1 fully saturated rings. The van der Waals surface area contributed by atoms with Crippen LogP contribution in [0.15, 0.2) is 59.6 Å². The minimum atomic E-state index is -1.02. The van der Waals surface area contributed by atoms with E-state index in [-0.39, 0.29) is 10.6 Å². The number of para-hydroxylation sites is 1. The van der Waals surface area contributed by atoms with Gasteiger partial charge in [-0.3, -0.25) is 24.6 Å². The number of nitro groups is 1. The topological polar surface area (TPSA) is 112 Å². The van der Waals surface area contributed by atoms with E-state index in [2.05, 4.69) is 4.74 Å². The van der Waals surface area contributed by atoms with E-state index >= 15 is 0 Å². The van der Waals surface area contributed by atoms with Gasteiger partial charge in [0.25, 0.3) is 16.8 Å². The van der Waals surface area contributed by atoms with Crippen LogP contribution >= 0.6 is 11.8 Å². The van der Waals surface area contributed by atoms with Gasteiger partial charge in [-0.05, 0) is 36.4 Å². The molecule has 2 heterocycles. The highest BCUT2D eigenvalue weighted by Crippen LogP contribution is 2.35. The highest BCUT2D eigenvalue weighted by atomic mass is 32.2. The standard InChI is InChI=1S/C23H19N3O6S/c1-14(22(28)32-2)25-21(27)20(33-23(25)29)11-16-13-24(19-9-4-3-8-18(16)19)12-15-6-5-7-17(10-15)26(30)31/h3-11,13-14H,12H2,1-2H3/b20-11+/t14-/m1/s1. The molecule has 1 aliphatic rings. The van der Waals surface area contributed by atoms with Gasteiger partial charge in [-0.1, -0.05) is 30.3 Å². The van der Waals surface area contributed by atoms with Gasteiger partial charge >= 0.3 is 5.97 Å². The largest absolute Gasteiger partial charge is 0.467 e. The van der Waals surface area contributed by atoms with Gasteiger partial charge in [0.2, 0.25) is 0 Å². The Labute approximate surface area is 192 Å². The number of amides is 2. The van der Waals surface area contributed by atoms with Crippen molar-refractivity contribution in [2.45, 2.75) is 19.5 Å². The van der Waals surface area contributed by atoms with Crippen molar-refractivity contribution in [2.24, 2.45) is 0 Å². The molecule has 9 nitrogen and oxygen atoms in total. The summed E-state index contributed by atoms with van der Waals surface area (Å²) in [6.45, 7) is 1.83. The number of fused-ring (bicyclic) bond motifs is 1. The maximum Gasteiger partial charge on any atom is 0.328 e. The molecule has 1 aromatic heterocycles. The van der Waals surface area contributed by atoms with Crippen molar-refractivity contribution in [3.05, 3.63) is 80.9 Å². The van der Waals surface area contributed by atoms with Crippen LogP contribution in [-0.2, 0) is 20.9 Å². The first-order valence-corrected chi connectivity index (χ1v) is 10.8. The monoisotopic (exact) mass is 465 g/mol. The first-order valence-electron chi connectivity index (χ1n) is 9.96. The molecule has 0 N–H and O–H groups in total. The van der Waals surface area contributed by atoms with Gasteiger partial charge in [-0.25, -0.2) is 4.79 Å². The Balaban J connectivity index is 1.70. The molecule has 2 aromatic carbocycles. The fourth-order valence-corrected chi connectivity index (χ4v) is 4.62. The van der Waals surface area contributed by atoms with Gasteiger partial charge in [-0.15, -0.1) is 0 Å². The van der Waals surface area contributed by atoms with Crippen molar-refractivity contribution in [1.82, 2.24) is 9.47 Å². The highest BCUT2D eigenvalue weighted by Gasteiger charge is 2.41. The van der Waals surface area contributed by atoms with Crippen LogP contribution in [0.1, 0.15) is 18.1 Å². The molecular formula is C23H19N3O6S. The fourth-order valence-electron chi connectivity index (χ4n) is 3.72. The third kappa shape index (κ3) is 4.24. The van der Waals surface area contributed by atoms with Gasteiger partial charge in [0.1, 0.15) is 6.04 Å². The maximum absolute atomic E-state index is 12.9. The number of methoxy groups -OCH3 is 1. The van der Waals surface area contributed by atoms with Gasteiger partial charge in [0.15, 0.2) is 0 Å². The molecule has 33 heavy (non-hydrogen) atoms. The molecular weight excluding hydrogens is 446 g/mol. The first kappa shape index (κ1) is 22.3. The molecule has 1 atom stereocenters. The lowest BCUT2D eigenvalue weighted by Crippen LogP contribution is -2.42. The molecule has 0 spiro atoms. The minimum Gasteiger partial charge on any atom is -0.467 e. The average Bonchev–Trinajstić information content (AvgIpc) is 3.29. The fraction of sp³-hybridized carbons (Fsp3) is 0.174. The molecule has 168 valence electrons. The zero-order valence-corrected chi connectivity index (χ0v) is 18.6. The van der Waals surface area contributed by atoms with Crippen LogP contribution < -0.4 is 0 Å². The number of nitro benzene ring substituents is 1. The molecule has 0 aliphatic carbocycles. The number of nitrogens with zero attached hydrogens (tertiary/aromatic N) is 3. The van der Waals surface area contributed by atoms with E-state index in [0.29, 0.717) is 12.1 Å². The summed E-state index contributed by atoms with van der Waals surface area (Å²) in [5, 5.41) is 11.4. The van der Waals surface area contributed by atoms with E-state index in [1.54, 1.807) is 18.2 Å². The summed E-state index contributed by atoms with van der Waals surface area (Å²) in [5.41, 5.74) is 2.35. The maximum atomic E-state index is 12.9. The Bertz CT molecular complexity index is 1330. The second-order valence-corrected chi connectivity index (χ2v) is 8.40. The van der Waals surface area contributed by atoms with Gasteiger partial charge < -0.3 is 9.30 Å². The van der Waals surface area contributed by atoms with E-state index in [4.69, 9.17) is 0 Å². The summed E-state index contributed by atoms with van der Waals surface area (Å²) in [7, 11) is 1.20. The molecule has 3 aromatic rings. The summed E-state index contributed by atoms with van der Waals surface area (Å²) in [6.07, 6.45) is 3.46. The molecule has 1 saturated heterocycles. The number of hydrogen-bond acceptors (Lipinski definition) is 7. The van der Waals surface area contributed by atoms with Crippen molar-refractivity contribution < 1.29 is 24.0 Å². The van der Waals surface area contributed by atoms with Crippen molar-refractivity contribution in [3.63, 3.8) is 0 Å². The van der Waals surface area contributed by atoms with Crippen molar-refractivity contribution in [3.8, 4) is 0 Å². The number of benzene rings is 2. The van der Waals surface area contributed by atoms with Gasteiger partial charge in [0, 0.05) is 41.3 Å². The number of carbonyl (C=O) groups excluding carboxylic acids is 3. The normalized spacial score (nSPS) is 15.9. The summed E-state index contributed by atoms with van der Waals surface area (Å²) < 4.78 is 6.59. The van der Waals surface area contributed by atoms with Crippen LogP contribution in [0.4, 0.5) is 10.5 Å². The lowest BCUT2D eigenvalue weighted by Gasteiger charge is -2.18. The van der Waals surface area contributed by atoms with Crippen LogP contribution in [0.5, 0.6) is 0 Å². The number of non-ortho nitro benzene ring substituents is 1. The number of aromatic nitrogens is 1. The predicted molar refractivity (Wildman–Crippen MR) is 123 cm³/mol. The van der Waals surface area contributed by atoms with Gasteiger partial charge in [0.05, 0.1) is 16.9 Å². The van der Waals surface area contributed by atoms with E-state index in [1.807, 2.05) is 35.0 Å². The average molecular weight is 465 g/mol. The predicted octanol–water partition coefficient (Wildman–Crippen LogP) is 4.20. The lowest BCUT2D eigenvalue weighted by molar-refractivity contribution is -0.384. The first-order chi connectivity index (χ1) is 15.8. The Hall–Kier alpha value is -3.92. The molecule has 0 radical (unpaired) electrons. The Kier molecular flexibility index (Phi) is 6.01. The second kappa shape index (κ2) is 8.91. The number of ether oxygens (including phenoxy) is 1. The van der Waals surface area contributed by atoms with Crippen LogP contribution in [0, 0.1) is 10.1 Å². The molecule has 0 bridgehead atoms. The van der Waals surface area contributed by atoms with Crippen molar-refractivity contribution in [2.75, 3.05) is 7.11 Å². The Morgan fingerprint density at radius 3 is 2.70 bits per heavy atom. The van der Waals surface area contributed by atoms with Crippen LogP contribution in [-0.4, -0.2) is 44.7 Å². The molecule has 0 unspecified atom stereocenters. The number of esters is 1. The van der Waals surface area contributed by atoms with E-state index in [1.165, 1.54) is 26.2 Å². The number of hydrogen-bond donors (Lipinski definition) is 0. The lowest BCUT2D eigenvalue weighted by atomic mass is 10.1. The molecule has 2 amide bonds. The number of carbonyl (C=O) groups is 3.